The van der Waals surface area contributed by atoms with Crippen LogP contribution in [0.1, 0.15) is 0 Å². The van der Waals surface area contributed by atoms with Crippen LogP contribution in [0.5, 0.6) is 0 Å². The minimum atomic E-state index is -1.04. The van der Waals surface area contributed by atoms with Crippen molar-refractivity contribution in [2.45, 2.75) is 6.10 Å². The van der Waals surface area contributed by atoms with Gasteiger partial charge >= 0.3 is 5.97 Å². The second-order valence-corrected chi connectivity index (χ2v) is 3.07. The standard InChI is InChI=1S/C8H10ClN3O3/c1-15-5(8(13)14)4-10-7-3-2-6(9)11-12-7/h2-3,5H,4H2,1H3,(H,10,12)(H,13,14). The highest BCUT2D eigenvalue weighted by atomic mass is 35.5. The Morgan fingerprint density at radius 2 is 2.40 bits per heavy atom. The fourth-order valence-corrected chi connectivity index (χ4v) is 0.980. The second kappa shape index (κ2) is 5.47. The van der Waals surface area contributed by atoms with Crippen molar-refractivity contribution in [1.82, 2.24) is 10.2 Å². The Morgan fingerprint density at radius 1 is 1.67 bits per heavy atom. The molecule has 15 heavy (non-hydrogen) atoms. The Hall–Kier alpha value is -1.40. The molecule has 0 saturated carbocycles. The van der Waals surface area contributed by atoms with Gasteiger partial charge in [0.1, 0.15) is 5.82 Å². The molecule has 1 aromatic rings. The van der Waals surface area contributed by atoms with Gasteiger partial charge in [-0.3, -0.25) is 0 Å². The van der Waals surface area contributed by atoms with E-state index in [9.17, 15) is 4.79 Å². The summed E-state index contributed by atoms with van der Waals surface area (Å²) in [6, 6.07) is 3.16. The molecule has 0 radical (unpaired) electrons. The molecule has 0 spiro atoms. The number of nitrogens with one attached hydrogen (secondary N) is 1. The van der Waals surface area contributed by atoms with E-state index in [2.05, 4.69) is 15.5 Å². The van der Waals surface area contributed by atoms with Crippen molar-refractivity contribution in [3.8, 4) is 0 Å². The van der Waals surface area contributed by atoms with E-state index in [0.717, 1.165) is 0 Å². The molecule has 0 aliphatic heterocycles. The molecule has 7 heteroatoms. The Bertz CT molecular complexity index is 330. The molecule has 2 N–H and O–H groups in total. The van der Waals surface area contributed by atoms with Crippen LogP contribution in [0, 0.1) is 0 Å². The molecule has 0 aliphatic rings. The molecule has 0 fully saturated rings. The van der Waals surface area contributed by atoms with Crippen molar-refractivity contribution in [2.24, 2.45) is 0 Å². The molecule has 0 bridgehead atoms. The number of methoxy groups -OCH3 is 1. The zero-order chi connectivity index (χ0) is 11.3. The van der Waals surface area contributed by atoms with Crippen LogP contribution >= 0.6 is 11.6 Å². The molecule has 1 heterocycles. The SMILES string of the molecule is COC(CNc1ccc(Cl)nn1)C(=O)O. The number of aliphatic carboxylic acids is 1. The minimum absolute atomic E-state index is 0.113. The number of carbonyl (C=O) groups is 1. The first kappa shape index (κ1) is 11.7. The zero-order valence-electron chi connectivity index (χ0n) is 7.98. The molecule has 82 valence electrons. The van der Waals surface area contributed by atoms with Gasteiger partial charge in [0.15, 0.2) is 11.3 Å². The first-order valence-corrected chi connectivity index (χ1v) is 4.50. The molecule has 1 atom stereocenters. The number of hydrogen-bond acceptors (Lipinski definition) is 5. The third kappa shape index (κ3) is 3.69. The first-order chi connectivity index (χ1) is 7.13. The van der Waals surface area contributed by atoms with Crippen LogP contribution in [-0.2, 0) is 9.53 Å². The van der Waals surface area contributed by atoms with E-state index < -0.39 is 12.1 Å². The summed E-state index contributed by atoms with van der Waals surface area (Å²) in [6.45, 7) is 0.113. The van der Waals surface area contributed by atoms with Gasteiger partial charge in [0.05, 0.1) is 6.54 Å². The lowest BCUT2D eigenvalue weighted by molar-refractivity contribution is -0.147. The topological polar surface area (TPSA) is 84.3 Å². The Kier molecular flexibility index (Phi) is 4.26. The number of halogens is 1. The normalized spacial score (nSPS) is 12.1. The lowest BCUT2D eigenvalue weighted by atomic mass is 10.3. The van der Waals surface area contributed by atoms with Gasteiger partial charge in [-0.2, -0.15) is 0 Å². The highest BCUT2D eigenvalue weighted by Gasteiger charge is 2.15. The number of rotatable bonds is 5. The lowest BCUT2D eigenvalue weighted by Gasteiger charge is -2.11. The number of aromatic nitrogens is 2. The van der Waals surface area contributed by atoms with Crippen molar-refractivity contribution >= 4 is 23.4 Å². The largest absolute Gasteiger partial charge is 0.479 e. The second-order valence-electron chi connectivity index (χ2n) is 2.68. The summed E-state index contributed by atoms with van der Waals surface area (Å²) in [5, 5.41) is 19.0. The van der Waals surface area contributed by atoms with Crippen LogP contribution in [0.4, 0.5) is 5.82 Å². The maximum atomic E-state index is 10.6. The molecule has 0 amide bonds. The molecule has 0 aliphatic carbocycles. The van der Waals surface area contributed by atoms with E-state index >= 15 is 0 Å². The van der Waals surface area contributed by atoms with Gasteiger partial charge in [0, 0.05) is 7.11 Å². The summed E-state index contributed by atoms with van der Waals surface area (Å²) in [6.07, 6.45) is -0.914. The van der Waals surface area contributed by atoms with Crippen LogP contribution in [0.15, 0.2) is 12.1 Å². The van der Waals surface area contributed by atoms with Crippen molar-refractivity contribution in [1.29, 1.82) is 0 Å². The smallest absolute Gasteiger partial charge is 0.334 e. The van der Waals surface area contributed by atoms with Gasteiger partial charge < -0.3 is 15.2 Å². The molecular weight excluding hydrogens is 222 g/mol. The predicted octanol–water partition coefficient (Wildman–Crippen LogP) is 0.641. The average molecular weight is 232 g/mol. The summed E-state index contributed by atoms with van der Waals surface area (Å²) in [7, 11) is 1.33. The Balaban J connectivity index is 2.49. The first-order valence-electron chi connectivity index (χ1n) is 4.12. The lowest BCUT2D eigenvalue weighted by Crippen LogP contribution is -2.30. The highest BCUT2D eigenvalue weighted by molar-refractivity contribution is 6.29. The highest BCUT2D eigenvalue weighted by Crippen LogP contribution is 2.06. The van der Waals surface area contributed by atoms with Crippen molar-refractivity contribution < 1.29 is 14.6 Å². The summed E-state index contributed by atoms with van der Waals surface area (Å²) in [5.41, 5.74) is 0. The number of carboxylic acid groups (broad SMARTS) is 1. The molecular formula is C8H10ClN3O3. The maximum absolute atomic E-state index is 10.6. The van der Waals surface area contributed by atoms with Gasteiger partial charge in [-0.25, -0.2) is 4.79 Å². The van der Waals surface area contributed by atoms with E-state index in [0.29, 0.717) is 5.82 Å². The zero-order valence-corrected chi connectivity index (χ0v) is 8.73. The quantitative estimate of drug-likeness (QED) is 0.774. The minimum Gasteiger partial charge on any atom is -0.479 e. The average Bonchev–Trinajstić information content (AvgIpc) is 2.21. The Labute approximate surface area is 91.2 Å². The van der Waals surface area contributed by atoms with Crippen molar-refractivity contribution in [3.05, 3.63) is 17.3 Å². The third-order valence-electron chi connectivity index (χ3n) is 1.66. The predicted molar refractivity (Wildman–Crippen MR) is 54.0 cm³/mol. The number of carboxylic acids is 1. The number of ether oxygens (including phenoxy) is 1. The summed E-state index contributed by atoms with van der Waals surface area (Å²) in [5.74, 6) is -0.588. The van der Waals surface area contributed by atoms with E-state index in [4.69, 9.17) is 21.4 Å². The van der Waals surface area contributed by atoms with E-state index in [1.54, 1.807) is 12.1 Å². The number of hydrogen-bond donors (Lipinski definition) is 2. The Morgan fingerprint density at radius 3 is 2.87 bits per heavy atom. The van der Waals surface area contributed by atoms with E-state index in [1.165, 1.54) is 7.11 Å². The van der Waals surface area contributed by atoms with Crippen LogP contribution in [0.2, 0.25) is 5.15 Å². The van der Waals surface area contributed by atoms with Crippen LogP contribution in [0.3, 0.4) is 0 Å². The van der Waals surface area contributed by atoms with E-state index in [1.807, 2.05) is 0 Å². The van der Waals surface area contributed by atoms with E-state index in [-0.39, 0.29) is 11.7 Å². The molecule has 0 aromatic carbocycles. The van der Waals surface area contributed by atoms with Gasteiger partial charge in [-0.1, -0.05) is 11.6 Å². The van der Waals surface area contributed by atoms with Crippen molar-refractivity contribution in [3.63, 3.8) is 0 Å². The van der Waals surface area contributed by atoms with Gasteiger partial charge in [-0.15, -0.1) is 10.2 Å². The molecule has 1 rings (SSSR count). The van der Waals surface area contributed by atoms with Crippen LogP contribution < -0.4 is 5.32 Å². The summed E-state index contributed by atoms with van der Waals surface area (Å²) in [4.78, 5) is 10.6. The van der Waals surface area contributed by atoms with Gasteiger partial charge in [0.25, 0.3) is 0 Å². The molecule has 6 nitrogen and oxygen atoms in total. The summed E-state index contributed by atoms with van der Waals surface area (Å²) >= 11 is 5.53. The van der Waals surface area contributed by atoms with Gasteiger partial charge in [-0.05, 0) is 12.1 Å². The maximum Gasteiger partial charge on any atom is 0.334 e. The molecule has 1 aromatic heterocycles. The van der Waals surface area contributed by atoms with Gasteiger partial charge in [0.2, 0.25) is 0 Å². The number of anilines is 1. The monoisotopic (exact) mass is 231 g/mol. The molecule has 1 unspecified atom stereocenters. The third-order valence-corrected chi connectivity index (χ3v) is 1.86. The molecule has 0 saturated heterocycles. The summed E-state index contributed by atoms with van der Waals surface area (Å²) < 4.78 is 4.72. The fourth-order valence-electron chi connectivity index (χ4n) is 0.879. The van der Waals surface area contributed by atoms with Crippen LogP contribution in [0.25, 0.3) is 0 Å². The number of nitrogens with zero attached hydrogens (tertiary/aromatic N) is 2. The van der Waals surface area contributed by atoms with Crippen LogP contribution in [-0.4, -0.2) is 41.0 Å². The fraction of sp³-hybridized carbons (Fsp3) is 0.375. The van der Waals surface area contributed by atoms with Crippen molar-refractivity contribution in [2.75, 3.05) is 19.0 Å².